The first-order valence-electron chi connectivity index (χ1n) is 13.6. The summed E-state index contributed by atoms with van der Waals surface area (Å²) < 4.78 is 22.3. The van der Waals surface area contributed by atoms with Gasteiger partial charge in [-0.3, -0.25) is 9.59 Å². The van der Waals surface area contributed by atoms with Gasteiger partial charge in [-0.1, -0.05) is 13.8 Å². The molecule has 0 spiro atoms. The maximum absolute atomic E-state index is 12.5. The van der Waals surface area contributed by atoms with Gasteiger partial charge in [0.15, 0.2) is 11.7 Å². The van der Waals surface area contributed by atoms with Crippen LogP contribution in [0, 0.1) is 52.3 Å². The summed E-state index contributed by atoms with van der Waals surface area (Å²) in [6.07, 6.45) is 10.4. The predicted octanol–water partition coefficient (Wildman–Crippen LogP) is 4.99. The zero-order valence-electron chi connectivity index (χ0n) is 21.8. The molecule has 0 radical (unpaired) electrons. The Bertz CT molecular complexity index is 789. The van der Waals surface area contributed by atoms with Gasteiger partial charge in [0.2, 0.25) is 0 Å². The van der Waals surface area contributed by atoms with Crippen molar-refractivity contribution in [2.24, 2.45) is 52.3 Å². The number of hydrogen-bond donors (Lipinski definition) is 0. The van der Waals surface area contributed by atoms with Crippen molar-refractivity contribution in [2.45, 2.75) is 84.3 Å². The monoisotopic (exact) mass is 476 g/mol. The smallest absolute Gasteiger partial charge is 0.320 e. The molecule has 0 aromatic carbocycles. The van der Waals surface area contributed by atoms with Crippen LogP contribution in [0.25, 0.3) is 0 Å². The first kappa shape index (κ1) is 24.5. The second-order valence-corrected chi connectivity index (χ2v) is 12.6. The predicted molar refractivity (Wildman–Crippen MR) is 127 cm³/mol. The second-order valence-electron chi connectivity index (χ2n) is 12.6. The molecule has 192 valence electrons. The highest BCUT2D eigenvalue weighted by Gasteiger charge is 2.64. The van der Waals surface area contributed by atoms with Crippen molar-refractivity contribution >= 4 is 11.9 Å². The van der Waals surface area contributed by atoms with E-state index >= 15 is 0 Å². The van der Waals surface area contributed by atoms with E-state index in [9.17, 15) is 9.59 Å². The average molecular weight is 477 g/mol. The van der Waals surface area contributed by atoms with Crippen molar-refractivity contribution < 1.29 is 28.5 Å². The molecule has 8 atom stereocenters. The molecule has 1 saturated heterocycles. The molecule has 0 aromatic rings. The van der Waals surface area contributed by atoms with Crippen molar-refractivity contribution in [3.63, 3.8) is 0 Å². The van der Waals surface area contributed by atoms with Crippen LogP contribution in [-0.4, -0.2) is 45.2 Å². The normalized spacial score (nSPS) is 45.2. The Morgan fingerprint density at radius 1 is 0.794 bits per heavy atom. The molecule has 6 heteroatoms. The fourth-order valence-corrected chi connectivity index (χ4v) is 9.92. The summed E-state index contributed by atoms with van der Waals surface area (Å²) in [6.45, 7) is 8.68. The Morgan fingerprint density at radius 3 is 2.06 bits per heavy atom. The van der Waals surface area contributed by atoms with Crippen molar-refractivity contribution in [1.29, 1.82) is 0 Å². The Balaban J connectivity index is 1.34. The van der Waals surface area contributed by atoms with E-state index in [4.69, 9.17) is 18.9 Å². The zero-order valence-corrected chi connectivity index (χ0v) is 21.8. The van der Waals surface area contributed by atoms with Gasteiger partial charge in [0.25, 0.3) is 0 Å². The molecule has 0 bridgehead atoms. The molecule has 5 fully saturated rings. The minimum Gasteiger partial charge on any atom is -0.468 e. The van der Waals surface area contributed by atoms with Gasteiger partial charge in [-0.25, -0.2) is 0 Å². The van der Waals surface area contributed by atoms with E-state index < -0.39 is 23.6 Å². The highest BCUT2D eigenvalue weighted by atomic mass is 16.7. The Morgan fingerprint density at radius 2 is 1.41 bits per heavy atom. The fraction of sp³-hybridized carbons (Fsp3) is 0.929. The SMILES string of the molecule is COC(=O)C(C(=O)OC)[C@@H]1CC[C@]2(C)C3CC[C@@]4(C)C(CC[C@@H]4C4(C)OCCO4)C3CC[C@@H]2C1. The minimum absolute atomic E-state index is 0.0239. The van der Waals surface area contributed by atoms with E-state index in [1.807, 2.05) is 0 Å². The third-order valence-electron chi connectivity index (χ3n) is 11.6. The van der Waals surface area contributed by atoms with Crippen molar-refractivity contribution in [1.82, 2.24) is 0 Å². The van der Waals surface area contributed by atoms with Gasteiger partial charge in [0.05, 0.1) is 27.4 Å². The molecule has 5 aliphatic rings. The summed E-state index contributed by atoms with van der Waals surface area (Å²) in [7, 11) is 2.73. The maximum Gasteiger partial charge on any atom is 0.320 e. The highest BCUT2D eigenvalue weighted by Crippen LogP contribution is 2.69. The van der Waals surface area contributed by atoms with Crippen LogP contribution in [0.3, 0.4) is 0 Å². The lowest BCUT2D eigenvalue weighted by Gasteiger charge is -2.61. The van der Waals surface area contributed by atoms with Crippen LogP contribution in [0.4, 0.5) is 0 Å². The Kier molecular flexibility index (Phi) is 6.32. The lowest BCUT2D eigenvalue weighted by Crippen LogP contribution is -2.55. The van der Waals surface area contributed by atoms with Crippen LogP contribution in [0.15, 0.2) is 0 Å². The van der Waals surface area contributed by atoms with E-state index in [1.165, 1.54) is 52.7 Å². The zero-order chi connectivity index (χ0) is 24.3. The standard InChI is InChI=1S/C28H44O6/c1-26-12-10-17(23(24(29)31-4)25(30)32-5)16-18(26)6-7-19-20-8-9-22(28(3)33-14-15-34-28)27(20,2)13-11-21(19)26/h17-23H,6-16H2,1-5H3/t17-,18-,19?,20?,21?,22+,26+,27+/m1/s1. The molecule has 0 N–H and O–H groups in total. The topological polar surface area (TPSA) is 71.1 Å². The van der Waals surface area contributed by atoms with Crippen LogP contribution < -0.4 is 0 Å². The van der Waals surface area contributed by atoms with E-state index in [1.54, 1.807) is 0 Å². The molecular formula is C28H44O6. The number of hydrogen-bond acceptors (Lipinski definition) is 6. The molecular weight excluding hydrogens is 432 g/mol. The summed E-state index contributed by atoms with van der Waals surface area (Å²) in [5.41, 5.74) is 0.585. The minimum atomic E-state index is -0.783. The molecule has 1 heterocycles. The summed E-state index contributed by atoms with van der Waals surface area (Å²) in [4.78, 5) is 24.9. The number of methoxy groups -OCH3 is 2. The van der Waals surface area contributed by atoms with Gasteiger partial charge in [0, 0.05) is 5.92 Å². The molecule has 34 heavy (non-hydrogen) atoms. The summed E-state index contributed by atoms with van der Waals surface area (Å²) >= 11 is 0. The van der Waals surface area contributed by atoms with Gasteiger partial charge in [0.1, 0.15) is 0 Å². The lowest BCUT2D eigenvalue weighted by molar-refractivity contribution is -0.218. The number of carbonyl (C=O) groups excluding carboxylic acids is 2. The van der Waals surface area contributed by atoms with E-state index in [0.29, 0.717) is 22.7 Å². The molecule has 6 nitrogen and oxygen atoms in total. The molecule has 0 aromatic heterocycles. The summed E-state index contributed by atoms with van der Waals surface area (Å²) in [5.74, 6) is 1.24. The van der Waals surface area contributed by atoms with E-state index in [-0.39, 0.29) is 5.92 Å². The Hall–Kier alpha value is -1.14. The third-order valence-corrected chi connectivity index (χ3v) is 11.6. The third kappa shape index (κ3) is 3.56. The molecule has 4 saturated carbocycles. The van der Waals surface area contributed by atoms with Gasteiger partial charge in [-0.2, -0.15) is 0 Å². The molecule has 1 aliphatic heterocycles. The lowest BCUT2D eigenvalue weighted by atomic mass is 9.43. The Labute approximate surface area is 204 Å². The first-order valence-corrected chi connectivity index (χ1v) is 13.6. The van der Waals surface area contributed by atoms with Gasteiger partial charge in [-0.15, -0.1) is 0 Å². The number of fused-ring (bicyclic) bond motifs is 5. The van der Waals surface area contributed by atoms with Crippen LogP contribution >= 0.6 is 0 Å². The van der Waals surface area contributed by atoms with E-state index in [0.717, 1.165) is 50.2 Å². The molecule has 5 rings (SSSR count). The fourth-order valence-electron chi connectivity index (χ4n) is 9.92. The van der Waals surface area contributed by atoms with Gasteiger partial charge >= 0.3 is 11.9 Å². The first-order chi connectivity index (χ1) is 16.2. The number of ether oxygens (including phenoxy) is 4. The summed E-state index contributed by atoms with van der Waals surface area (Å²) in [6, 6.07) is 0. The molecule has 4 aliphatic carbocycles. The second kappa shape index (κ2) is 8.76. The largest absolute Gasteiger partial charge is 0.468 e. The number of esters is 2. The molecule has 3 unspecified atom stereocenters. The average Bonchev–Trinajstić information content (AvgIpc) is 3.42. The summed E-state index contributed by atoms with van der Waals surface area (Å²) in [5, 5.41) is 0. The highest BCUT2D eigenvalue weighted by molar-refractivity contribution is 5.95. The van der Waals surface area contributed by atoms with Crippen molar-refractivity contribution in [2.75, 3.05) is 27.4 Å². The van der Waals surface area contributed by atoms with Crippen LogP contribution in [0.5, 0.6) is 0 Å². The number of rotatable bonds is 4. The van der Waals surface area contributed by atoms with Gasteiger partial charge in [-0.05, 0) is 105 Å². The van der Waals surface area contributed by atoms with Crippen LogP contribution in [0.2, 0.25) is 0 Å². The van der Waals surface area contributed by atoms with Crippen LogP contribution in [0.1, 0.15) is 78.6 Å². The van der Waals surface area contributed by atoms with Crippen molar-refractivity contribution in [3.05, 3.63) is 0 Å². The van der Waals surface area contributed by atoms with Gasteiger partial charge < -0.3 is 18.9 Å². The quantitative estimate of drug-likeness (QED) is 0.421. The van der Waals surface area contributed by atoms with E-state index in [2.05, 4.69) is 20.8 Å². The van der Waals surface area contributed by atoms with Crippen LogP contribution in [-0.2, 0) is 28.5 Å². The molecule has 0 amide bonds. The number of carbonyl (C=O) groups is 2. The maximum atomic E-state index is 12.5. The van der Waals surface area contributed by atoms with Crippen molar-refractivity contribution in [3.8, 4) is 0 Å².